The molecule has 1 aliphatic rings. The molecule has 162 valence electrons. The van der Waals surface area contributed by atoms with E-state index in [1.165, 1.54) is 0 Å². The SMILES string of the molecule is CC(C)(C)[S+]([O-])N(Cc1ccccc1)[C@@H](COCc1ccccc1)[C@@H]1CCC=CO1. The maximum absolute atomic E-state index is 13.6. The minimum Gasteiger partial charge on any atom is -0.597 e. The van der Waals surface area contributed by atoms with Gasteiger partial charge in [0.05, 0.1) is 26.0 Å². The molecular formula is C25H33NO3S. The van der Waals surface area contributed by atoms with Crippen molar-refractivity contribution in [3.63, 3.8) is 0 Å². The highest BCUT2D eigenvalue weighted by molar-refractivity contribution is 7.90. The van der Waals surface area contributed by atoms with E-state index < -0.39 is 11.4 Å². The van der Waals surface area contributed by atoms with Crippen molar-refractivity contribution in [2.45, 2.75) is 63.7 Å². The molecule has 0 aliphatic carbocycles. The maximum atomic E-state index is 13.6. The minimum absolute atomic E-state index is 0.0548. The summed E-state index contributed by atoms with van der Waals surface area (Å²) < 4.78 is 27.4. The van der Waals surface area contributed by atoms with Gasteiger partial charge in [-0.15, -0.1) is 4.31 Å². The van der Waals surface area contributed by atoms with E-state index in [4.69, 9.17) is 9.47 Å². The Hall–Kier alpha value is -1.79. The Kier molecular flexibility index (Phi) is 8.40. The van der Waals surface area contributed by atoms with Crippen molar-refractivity contribution in [3.05, 3.63) is 84.1 Å². The zero-order chi connectivity index (χ0) is 21.4. The molecule has 0 fully saturated rings. The van der Waals surface area contributed by atoms with E-state index in [1.54, 1.807) is 6.26 Å². The average molecular weight is 428 g/mol. The number of ether oxygens (including phenoxy) is 2. The van der Waals surface area contributed by atoms with E-state index in [0.29, 0.717) is 19.8 Å². The van der Waals surface area contributed by atoms with Gasteiger partial charge in [-0.2, -0.15) is 0 Å². The first kappa shape index (κ1) is 22.9. The van der Waals surface area contributed by atoms with Gasteiger partial charge in [-0.05, 0) is 50.8 Å². The second-order valence-corrected chi connectivity index (χ2v) is 10.8. The second-order valence-electron chi connectivity index (χ2n) is 8.61. The van der Waals surface area contributed by atoms with Crippen molar-refractivity contribution >= 4 is 11.4 Å². The molecule has 0 bridgehead atoms. The molecule has 5 heteroatoms. The van der Waals surface area contributed by atoms with Crippen LogP contribution in [0.15, 0.2) is 73.0 Å². The fourth-order valence-corrected chi connectivity index (χ4v) is 4.91. The highest BCUT2D eigenvalue weighted by Gasteiger charge is 2.42. The molecule has 0 N–H and O–H groups in total. The molecule has 3 atom stereocenters. The lowest BCUT2D eigenvalue weighted by atomic mass is 10.0. The Morgan fingerprint density at radius 1 is 1.07 bits per heavy atom. The lowest BCUT2D eigenvalue weighted by molar-refractivity contribution is -0.00431. The summed E-state index contributed by atoms with van der Waals surface area (Å²) in [7, 11) is 0. The molecule has 2 aromatic carbocycles. The van der Waals surface area contributed by atoms with Crippen LogP contribution >= 0.6 is 0 Å². The number of allylic oxidation sites excluding steroid dienone is 1. The van der Waals surface area contributed by atoms with Crippen LogP contribution < -0.4 is 0 Å². The molecule has 0 saturated heterocycles. The summed E-state index contributed by atoms with van der Waals surface area (Å²) in [5.41, 5.74) is 2.27. The third kappa shape index (κ3) is 6.61. The summed E-state index contributed by atoms with van der Waals surface area (Å²) in [6.07, 6.45) is 5.62. The third-order valence-electron chi connectivity index (χ3n) is 5.08. The summed E-state index contributed by atoms with van der Waals surface area (Å²) in [6.45, 7) is 7.64. The number of hydrogen-bond donors (Lipinski definition) is 0. The molecule has 4 nitrogen and oxygen atoms in total. The molecule has 0 radical (unpaired) electrons. The molecule has 1 unspecified atom stereocenters. The number of benzene rings is 2. The Morgan fingerprint density at radius 2 is 1.70 bits per heavy atom. The summed E-state index contributed by atoms with van der Waals surface area (Å²) in [4.78, 5) is 0. The van der Waals surface area contributed by atoms with Crippen molar-refractivity contribution in [1.82, 2.24) is 4.31 Å². The Labute approximate surface area is 184 Å². The zero-order valence-corrected chi connectivity index (χ0v) is 19.0. The molecule has 0 spiro atoms. The van der Waals surface area contributed by atoms with Crippen LogP contribution in [0.4, 0.5) is 0 Å². The number of rotatable bonds is 9. The molecule has 2 aromatic rings. The predicted molar refractivity (Wildman–Crippen MR) is 123 cm³/mol. The first-order valence-electron chi connectivity index (χ1n) is 10.6. The fourth-order valence-electron chi connectivity index (χ4n) is 3.50. The summed E-state index contributed by atoms with van der Waals surface area (Å²) in [5, 5.41) is 0. The zero-order valence-electron chi connectivity index (χ0n) is 18.2. The van der Waals surface area contributed by atoms with Crippen LogP contribution in [0.25, 0.3) is 0 Å². The fraction of sp³-hybridized carbons (Fsp3) is 0.440. The molecule has 3 rings (SSSR count). The molecule has 30 heavy (non-hydrogen) atoms. The monoisotopic (exact) mass is 427 g/mol. The topological polar surface area (TPSA) is 44.8 Å². The predicted octanol–water partition coefficient (Wildman–Crippen LogP) is 5.23. The lowest BCUT2D eigenvalue weighted by Gasteiger charge is -2.40. The van der Waals surface area contributed by atoms with Gasteiger partial charge < -0.3 is 14.0 Å². The lowest BCUT2D eigenvalue weighted by Crippen LogP contribution is -2.54. The number of nitrogens with zero attached hydrogens (tertiary/aromatic N) is 1. The van der Waals surface area contributed by atoms with Crippen molar-refractivity contribution in [2.75, 3.05) is 6.61 Å². The first-order valence-corrected chi connectivity index (χ1v) is 11.7. The minimum atomic E-state index is -1.21. The van der Waals surface area contributed by atoms with Crippen LogP contribution in [0.1, 0.15) is 44.7 Å². The second kappa shape index (κ2) is 11.0. The smallest absolute Gasteiger partial charge is 0.137 e. The third-order valence-corrected chi connectivity index (χ3v) is 6.96. The molecule has 0 aromatic heterocycles. The quantitative estimate of drug-likeness (QED) is 0.514. The van der Waals surface area contributed by atoms with Gasteiger partial charge in [-0.1, -0.05) is 60.7 Å². The number of hydrogen-bond acceptors (Lipinski definition) is 4. The van der Waals surface area contributed by atoms with Crippen LogP contribution in [0, 0.1) is 0 Å². The Balaban J connectivity index is 1.81. The van der Waals surface area contributed by atoms with Crippen molar-refractivity contribution in [1.29, 1.82) is 0 Å². The summed E-state index contributed by atoms with van der Waals surface area (Å²) in [6, 6.07) is 20.2. The summed E-state index contributed by atoms with van der Waals surface area (Å²) in [5.74, 6) is 0. The van der Waals surface area contributed by atoms with Gasteiger partial charge >= 0.3 is 0 Å². The van der Waals surface area contributed by atoms with Crippen LogP contribution in [0.2, 0.25) is 0 Å². The van der Waals surface area contributed by atoms with Crippen LogP contribution in [0.5, 0.6) is 0 Å². The summed E-state index contributed by atoms with van der Waals surface area (Å²) >= 11 is -1.21. The van der Waals surface area contributed by atoms with Crippen LogP contribution in [0.3, 0.4) is 0 Å². The molecule has 0 saturated carbocycles. The van der Waals surface area contributed by atoms with E-state index in [9.17, 15) is 4.55 Å². The highest BCUT2D eigenvalue weighted by Crippen LogP contribution is 2.29. The van der Waals surface area contributed by atoms with Gasteiger partial charge in [0.15, 0.2) is 0 Å². The van der Waals surface area contributed by atoms with E-state index in [-0.39, 0.29) is 16.9 Å². The average Bonchev–Trinajstić information content (AvgIpc) is 2.76. The van der Waals surface area contributed by atoms with Gasteiger partial charge in [0.1, 0.15) is 16.9 Å². The van der Waals surface area contributed by atoms with Crippen molar-refractivity contribution in [3.8, 4) is 0 Å². The van der Waals surface area contributed by atoms with E-state index in [0.717, 1.165) is 24.0 Å². The van der Waals surface area contributed by atoms with E-state index in [1.807, 2.05) is 63.2 Å². The highest BCUT2D eigenvalue weighted by atomic mass is 32.2. The maximum Gasteiger partial charge on any atom is 0.137 e. The van der Waals surface area contributed by atoms with Gasteiger partial charge in [-0.3, -0.25) is 0 Å². The van der Waals surface area contributed by atoms with Crippen molar-refractivity contribution < 1.29 is 14.0 Å². The van der Waals surface area contributed by atoms with E-state index >= 15 is 0 Å². The van der Waals surface area contributed by atoms with Gasteiger partial charge in [0.2, 0.25) is 0 Å². The first-order chi connectivity index (χ1) is 14.4. The van der Waals surface area contributed by atoms with Gasteiger partial charge in [0, 0.05) is 11.4 Å². The van der Waals surface area contributed by atoms with Crippen LogP contribution in [-0.4, -0.2) is 32.4 Å². The molecular weight excluding hydrogens is 394 g/mol. The standard InChI is InChI=1S/C25H33NO3S/c1-25(2,3)30(27)26(18-21-12-6-4-7-13-21)23(24-16-10-11-17-29-24)20-28-19-22-14-8-5-9-15-22/h4-9,11-15,17,23-24H,10,16,18-20H2,1-3H3/t23-,24-,30?/m0/s1. The largest absolute Gasteiger partial charge is 0.597 e. The Bertz CT molecular complexity index is 776. The van der Waals surface area contributed by atoms with Gasteiger partial charge in [0.25, 0.3) is 0 Å². The van der Waals surface area contributed by atoms with E-state index in [2.05, 4.69) is 28.6 Å². The van der Waals surface area contributed by atoms with Crippen LogP contribution in [-0.2, 0) is 34.0 Å². The molecule has 1 heterocycles. The Morgan fingerprint density at radius 3 is 2.27 bits per heavy atom. The molecule has 0 amide bonds. The van der Waals surface area contributed by atoms with Gasteiger partial charge in [-0.25, -0.2) is 0 Å². The van der Waals surface area contributed by atoms with Crippen molar-refractivity contribution in [2.24, 2.45) is 0 Å². The normalized spacial score (nSPS) is 18.8. The molecule has 1 aliphatic heterocycles.